The number of nitrogens with one attached hydrogen (secondary N) is 2. The molecule has 1 amide bonds. The second-order valence-corrected chi connectivity index (χ2v) is 9.58. The summed E-state index contributed by atoms with van der Waals surface area (Å²) in [6.07, 6.45) is 3.75. The third-order valence-corrected chi connectivity index (χ3v) is 6.88. The average molecular weight is 504 g/mol. The first kappa shape index (κ1) is 24.4. The minimum atomic E-state index is -1.44. The first-order chi connectivity index (χ1) is 17.7. The van der Waals surface area contributed by atoms with Crippen molar-refractivity contribution in [2.45, 2.75) is 58.1 Å². The average Bonchev–Trinajstić information content (AvgIpc) is 3.24. The molecule has 0 fully saturated rings. The van der Waals surface area contributed by atoms with Crippen molar-refractivity contribution in [1.29, 1.82) is 0 Å². The smallest absolute Gasteiger partial charge is 0.339 e. The lowest BCUT2D eigenvalue weighted by Crippen LogP contribution is -2.52. The normalized spacial score (nSPS) is 14.8. The van der Waals surface area contributed by atoms with E-state index in [9.17, 15) is 24.6 Å². The molecule has 37 heavy (non-hydrogen) atoms. The lowest BCUT2D eigenvalue weighted by molar-refractivity contribution is -0.308. The maximum Gasteiger partial charge on any atom is 0.339 e. The number of phenols is 1. The van der Waals surface area contributed by atoms with Gasteiger partial charge in [-0.05, 0) is 86.6 Å². The van der Waals surface area contributed by atoms with Gasteiger partial charge in [-0.3, -0.25) is 4.79 Å². The highest BCUT2D eigenvalue weighted by Gasteiger charge is 2.25. The van der Waals surface area contributed by atoms with Crippen molar-refractivity contribution >= 4 is 33.7 Å². The number of aryl methyl sites for hydroxylation is 2. The van der Waals surface area contributed by atoms with Gasteiger partial charge in [-0.25, -0.2) is 4.79 Å². The predicted octanol–water partition coefficient (Wildman–Crippen LogP) is 2.41. The van der Waals surface area contributed by atoms with Crippen LogP contribution in [-0.2, 0) is 28.9 Å². The Morgan fingerprint density at radius 1 is 1.19 bits per heavy atom. The molecule has 5 rings (SSSR count). The van der Waals surface area contributed by atoms with Crippen LogP contribution in [0.1, 0.15) is 42.0 Å². The van der Waals surface area contributed by atoms with Crippen LogP contribution in [0.25, 0.3) is 21.9 Å². The van der Waals surface area contributed by atoms with E-state index in [2.05, 4.69) is 10.3 Å². The molecule has 1 aliphatic rings. The molecule has 9 nitrogen and oxygen atoms in total. The number of carboxylic acid groups (broad SMARTS) is 1. The molecule has 0 aliphatic heterocycles. The topological polar surface area (TPSA) is 145 Å². The number of phenolic OH excluding ortho intramolecular Hbond substituents is 1. The number of amides is 1. The molecule has 9 heteroatoms. The highest BCUT2D eigenvalue weighted by atomic mass is 16.5. The molecule has 0 saturated heterocycles. The first-order valence-electron chi connectivity index (χ1n) is 12.3. The van der Waals surface area contributed by atoms with E-state index in [1.807, 2.05) is 6.92 Å². The summed E-state index contributed by atoms with van der Waals surface area (Å²) in [6, 6.07) is 6.98. The number of aliphatic carboxylic acids is 1. The van der Waals surface area contributed by atoms with Crippen molar-refractivity contribution < 1.29 is 29.0 Å². The van der Waals surface area contributed by atoms with Gasteiger partial charge in [0.05, 0.1) is 17.4 Å². The number of hydrogen-bond donors (Lipinski definition) is 3. The molecule has 0 unspecified atom stereocenters. The van der Waals surface area contributed by atoms with E-state index in [1.54, 1.807) is 24.4 Å². The fraction of sp³-hybridized carbons (Fsp3) is 0.321. The Balaban J connectivity index is 1.39. The molecular formula is C28H27N2O7-. The predicted molar refractivity (Wildman–Crippen MR) is 135 cm³/mol. The number of carbonyl (C=O) groups is 2. The summed E-state index contributed by atoms with van der Waals surface area (Å²) in [6.45, 7) is 3.37. The Hall–Kier alpha value is -4.27. The number of carboxylic acids is 1. The molecule has 192 valence electrons. The number of fused-ring (bicyclic) bond motifs is 4. The number of aromatic hydroxyl groups is 1. The third-order valence-electron chi connectivity index (χ3n) is 6.88. The van der Waals surface area contributed by atoms with Gasteiger partial charge in [0.15, 0.2) is 6.10 Å². The number of carbonyl (C=O) groups excluding carboxylic acids is 2. The standard InChI is InChI=1S/C28H28N2O7/c1-14-9-23(25-18-5-3-4-6-19(18)28(35)37-24(25)10-14)36-15(2)26(32)30-22(27(33)34)11-16-13-29-21-8-7-17(31)12-20(16)21/h7-10,12-13,15,22,29,31H,3-6,11H2,1-2H3,(H,30,32)(H,33,34)/p-1/t15-,22-/m1/s1. The van der Waals surface area contributed by atoms with Crippen molar-refractivity contribution in [2.24, 2.45) is 0 Å². The van der Waals surface area contributed by atoms with Crippen LogP contribution in [0.2, 0.25) is 0 Å². The van der Waals surface area contributed by atoms with Crippen molar-refractivity contribution in [3.05, 3.63) is 69.2 Å². The molecule has 2 aromatic heterocycles. The highest BCUT2D eigenvalue weighted by Crippen LogP contribution is 2.35. The molecule has 1 aliphatic carbocycles. The lowest BCUT2D eigenvalue weighted by Gasteiger charge is -2.24. The van der Waals surface area contributed by atoms with Crippen LogP contribution in [-0.4, -0.2) is 34.1 Å². The molecule has 4 aromatic rings. The number of ether oxygens (including phenoxy) is 1. The van der Waals surface area contributed by atoms with Crippen molar-refractivity contribution in [3.63, 3.8) is 0 Å². The highest BCUT2D eigenvalue weighted by molar-refractivity contribution is 5.91. The van der Waals surface area contributed by atoms with Crippen molar-refractivity contribution in [2.75, 3.05) is 0 Å². The molecule has 0 bridgehead atoms. The molecule has 0 saturated carbocycles. The third kappa shape index (κ3) is 4.76. The van der Waals surface area contributed by atoms with Gasteiger partial charge in [-0.15, -0.1) is 0 Å². The Morgan fingerprint density at radius 2 is 1.95 bits per heavy atom. The summed E-state index contributed by atoms with van der Waals surface area (Å²) in [5.74, 6) is -1.60. The summed E-state index contributed by atoms with van der Waals surface area (Å²) in [4.78, 5) is 40.4. The van der Waals surface area contributed by atoms with Gasteiger partial charge < -0.3 is 34.5 Å². The van der Waals surface area contributed by atoms with E-state index >= 15 is 0 Å². The van der Waals surface area contributed by atoms with Crippen LogP contribution >= 0.6 is 0 Å². The Morgan fingerprint density at radius 3 is 2.70 bits per heavy atom. The maximum absolute atomic E-state index is 13.0. The Bertz CT molecular complexity index is 1580. The van der Waals surface area contributed by atoms with Crippen LogP contribution in [0.3, 0.4) is 0 Å². The Kier molecular flexibility index (Phi) is 6.37. The van der Waals surface area contributed by atoms with Gasteiger partial charge in [0.1, 0.15) is 17.1 Å². The van der Waals surface area contributed by atoms with Gasteiger partial charge in [0.25, 0.3) is 5.91 Å². The van der Waals surface area contributed by atoms with Gasteiger partial charge in [-0.1, -0.05) is 0 Å². The maximum atomic E-state index is 13.0. The van der Waals surface area contributed by atoms with Gasteiger partial charge in [0, 0.05) is 29.1 Å². The summed E-state index contributed by atoms with van der Waals surface area (Å²) in [7, 11) is 0. The van der Waals surface area contributed by atoms with Crippen LogP contribution < -0.4 is 20.8 Å². The fourth-order valence-electron chi connectivity index (χ4n) is 5.04. The number of rotatable bonds is 7. The van der Waals surface area contributed by atoms with Crippen LogP contribution in [0.15, 0.2) is 45.7 Å². The quantitative estimate of drug-likeness (QED) is 0.329. The van der Waals surface area contributed by atoms with E-state index in [1.165, 1.54) is 19.1 Å². The monoisotopic (exact) mass is 503 g/mol. The number of aromatic amines is 1. The van der Waals surface area contributed by atoms with Gasteiger partial charge in [0.2, 0.25) is 0 Å². The van der Waals surface area contributed by atoms with E-state index in [0.717, 1.165) is 29.5 Å². The minimum Gasteiger partial charge on any atom is -0.548 e. The van der Waals surface area contributed by atoms with Crippen LogP contribution in [0, 0.1) is 6.92 Å². The van der Waals surface area contributed by atoms with Crippen molar-refractivity contribution in [3.8, 4) is 11.5 Å². The van der Waals surface area contributed by atoms with Crippen LogP contribution in [0.5, 0.6) is 11.5 Å². The molecule has 2 heterocycles. The second-order valence-electron chi connectivity index (χ2n) is 9.58. The zero-order valence-electron chi connectivity index (χ0n) is 20.6. The zero-order chi connectivity index (χ0) is 26.3. The molecule has 0 radical (unpaired) electrons. The Labute approximate surface area is 212 Å². The van der Waals surface area contributed by atoms with E-state index in [-0.39, 0.29) is 17.8 Å². The van der Waals surface area contributed by atoms with E-state index in [4.69, 9.17) is 9.15 Å². The lowest BCUT2D eigenvalue weighted by atomic mass is 9.90. The van der Waals surface area contributed by atoms with Gasteiger partial charge in [-0.2, -0.15) is 0 Å². The number of benzene rings is 2. The second kappa shape index (κ2) is 9.65. The van der Waals surface area contributed by atoms with Crippen LogP contribution in [0.4, 0.5) is 0 Å². The van der Waals surface area contributed by atoms with E-state index in [0.29, 0.717) is 46.1 Å². The summed E-state index contributed by atoms with van der Waals surface area (Å²) < 4.78 is 11.6. The largest absolute Gasteiger partial charge is 0.548 e. The van der Waals surface area contributed by atoms with E-state index < -0.39 is 24.0 Å². The summed E-state index contributed by atoms with van der Waals surface area (Å²) >= 11 is 0. The zero-order valence-corrected chi connectivity index (χ0v) is 20.6. The molecule has 0 spiro atoms. The number of H-pyrrole nitrogens is 1. The summed E-state index contributed by atoms with van der Waals surface area (Å²) in [5.41, 5.74) is 3.73. The fourth-order valence-corrected chi connectivity index (χ4v) is 5.04. The molecule has 2 atom stereocenters. The van der Waals surface area contributed by atoms with Gasteiger partial charge >= 0.3 is 5.63 Å². The SMILES string of the molecule is Cc1cc(O[C@H](C)C(=O)N[C@H](Cc2c[nH]c3ccc(O)cc23)C(=O)[O-])c2c3c(c(=O)oc2c1)CCCC3. The first-order valence-corrected chi connectivity index (χ1v) is 12.3. The van der Waals surface area contributed by atoms with Crippen molar-refractivity contribution in [1.82, 2.24) is 10.3 Å². The number of aromatic nitrogens is 1. The minimum absolute atomic E-state index is 0.0453. The molecular weight excluding hydrogens is 476 g/mol. The summed E-state index contributed by atoms with van der Waals surface area (Å²) in [5, 5.41) is 25.5. The molecule has 2 aromatic carbocycles. The molecule has 3 N–H and O–H groups in total. The number of hydrogen-bond acceptors (Lipinski definition) is 7.